The smallest absolute Gasteiger partial charge is 0.261 e. The number of rotatable bonds is 7. The normalized spacial score (nSPS) is 12.5. The number of aromatic amines is 2. The minimum atomic E-state index is -0.304. The fourth-order valence-electron chi connectivity index (χ4n) is 4.07. The van der Waals surface area contributed by atoms with Crippen molar-refractivity contribution in [1.82, 2.24) is 24.5 Å². The van der Waals surface area contributed by atoms with Gasteiger partial charge in [0.15, 0.2) is 0 Å². The zero-order chi connectivity index (χ0) is 24.4. The van der Waals surface area contributed by atoms with Crippen LogP contribution < -0.4 is 5.56 Å². The molecule has 35 heavy (non-hydrogen) atoms. The molecular weight excluding hydrogens is 464 g/mol. The molecule has 0 saturated carbocycles. The monoisotopic (exact) mass is 486 g/mol. The standard InChI is InChI=1S/C26H23ClN6O2/c1-16-9-20(33-8-7-28-15-33)12-22-24(16)32-25(31-22)23-21(5-6-29-26(23)35)30-13-18(14-34)10-17-3-2-4-19(27)11-17/h2-9,11-13,15,18,34H,10,14H2,1H3,(H,29,35)(H,31,32). The molecule has 5 aromatic rings. The van der Waals surface area contributed by atoms with E-state index in [-0.39, 0.29) is 18.1 Å². The Morgan fingerprint density at radius 1 is 1.26 bits per heavy atom. The molecule has 0 bridgehead atoms. The number of aliphatic imine (C=N–C) groups is 1. The van der Waals surface area contributed by atoms with E-state index in [1.807, 2.05) is 54.1 Å². The maximum atomic E-state index is 12.8. The summed E-state index contributed by atoms with van der Waals surface area (Å²) in [6.45, 7) is 1.89. The summed E-state index contributed by atoms with van der Waals surface area (Å²) in [5.74, 6) is 0.187. The summed E-state index contributed by atoms with van der Waals surface area (Å²) in [7, 11) is 0. The van der Waals surface area contributed by atoms with Crippen molar-refractivity contribution in [3.8, 4) is 17.1 Å². The molecule has 2 aromatic carbocycles. The van der Waals surface area contributed by atoms with Gasteiger partial charge in [0.1, 0.15) is 11.4 Å². The van der Waals surface area contributed by atoms with Gasteiger partial charge in [-0.05, 0) is 54.8 Å². The lowest BCUT2D eigenvalue weighted by Crippen LogP contribution is -2.12. The fraction of sp³-hybridized carbons (Fsp3) is 0.154. The zero-order valence-electron chi connectivity index (χ0n) is 18.9. The number of aryl methyl sites for hydroxylation is 1. The first-order valence-electron chi connectivity index (χ1n) is 11.1. The second-order valence-corrected chi connectivity index (χ2v) is 8.77. The van der Waals surface area contributed by atoms with Gasteiger partial charge in [0.2, 0.25) is 0 Å². The molecule has 3 aromatic heterocycles. The van der Waals surface area contributed by atoms with E-state index >= 15 is 0 Å². The van der Waals surface area contributed by atoms with Crippen LogP contribution in [0.15, 0.2) is 77.2 Å². The maximum absolute atomic E-state index is 12.8. The quantitative estimate of drug-likeness (QED) is 0.291. The molecule has 0 fully saturated rings. The van der Waals surface area contributed by atoms with E-state index in [1.54, 1.807) is 31.0 Å². The molecule has 0 aliphatic carbocycles. The molecule has 0 radical (unpaired) electrons. The van der Waals surface area contributed by atoms with Crippen LogP contribution in [0.2, 0.25) is 5.02 Å². The SMILES string of the molecule is Cc1cc(-n2ccnc2)cc2[nH]c(-c3c(N=CC(CO)Cc4cccc(Cl)c4)cc[nH]c3=O)nc12. The highest BCUT2D eigenvalue weighted by atomic mass is 35.5. The number of nitrogens with zero attached hydrogens (tertiary/aromatic N) is 4. The van der Waals surface area contributed by atoms with Crippen molar-refractivity contribution in [1.29, 1.82) is 0 Å². The molecule has 0 aliphatic rings. The number of halogens is 1. The lowest BCUT2D eigenvalue weighted by atomic mass is 10.0. The number of hydrogen-bond donors (Lipinski definition) is 3. The Morgan fingerprint density at radius 2 is 2.14 bits per heavy atom. The predicted octanol–water partition coefficient (Wildman–Crippen LogP) is 4.62. The van der Waals surface area contributed by atoms with Gasteiger partial charge in [-0.2, -0.15) is 0 Å². The summed E-state index contributed by atoms with van der Waals surface area (Å²) in [5, 5.41) is 10.5. The number of H-pyrrole nitrogens is 2. The molecule has 0 amide bonds. The van der Waals surface area contributed by atoms with Crippen molar-refractivity contribution >= 4 is 34.5 Å². The Morgan fingerprint density at radius 3 is 2.91 bits per heavy atom. The van der Waals surface area contributed by atoms with E-state index in [0.29, 0.717) is 28.5 Å². The highest BCUT2D eigenvalue weighted by molar-refractivity contribution is 6.30. The molecule has 0 aliphatic heterocycles. The van der Waals surface area contributed by atoms with Crippen molar-refractivity contribution in [2.45, 2.75) is 13.3 Å². The first-order chi connectivity index (χ1) is 17.0. The minimum absolute atomic E-state index is 0.0879. The van der Waals surface area contributed by atoms with E-state index in [9.17, 15) is 9.90 Å². The Labute approximate surface area is 206 Å². The van der Waals surface area contributed by atoms with Crippen molar-refractivity contribution in [3.63, 3.8) is 0 Å². The minimum Gasteiger partial charge on any atom is -0.396 e. The average Bonchev–Trinajstić information content (AvgIpc) is 3.52. The molecule has 1 unspecified atom stereocenters. The second-order valence-electron chi connectivity index (χ2n) is 8.34. The van der Waals surface area contributed by atoms with Gasteiger partial charge in [0.05, 0.1) is 29.7 Å². The molecule has 0 saturated heterocycles. The number of hydrogen-bond acceptors (Lipinski definition) is 5. The summed E-state index contributed by atoms with van der Waals surface area (Å²) in [6, 6.07) is 13.2. The molecule has 8 nitrogen and oxygen atoms in total. The van der Waals surface area contributed by atoms with Crippen LogP contribution in [0.4, 0.5) is 5.69 Å². The second kappa shape index (κ2) is 9.69. The molecule has 3 N–H and O–H groups in total. The van der Waals surface area contributed by atoms with Crippen LogP contribution in [-0.2, 0) is 6.42 Å². The van der Waals surface area contributed by atoms with E-state index in [4.69, 9.17) is 16.6 Å². The third-order valence-corrected chi connectivity index (χ3v) is 6.02. The van der Waals surface area contributed by atoms with Gasteiger partial charge in [-0.1, -0.05) is 23.7 Å². The summed E-state index contributed by atoms with van der Waals surface area (Å²) in [6.07, 6.45) is 9.11. The van der Waals surface area contributed by atoms with Gasteiger partial charge >= 0.3 is 0 Å². The Hall–Kier alpha value is -4.01. The largest absolute Gasteiger partial charge is 0.396 e. The number of nitrogens with one attached hydrogen (secondary N) is 2. The van der Waals surface area contributed by atoms with Crippen molar-refractivity contribution in [2.24, 2.45) is 10.9 Å². The van der Waals surface area contributed by atoms with Gasteiger partial charge < -0.3 is 19.6 Å². The Bertz CT molecular complexity index is 1570. The van der Waals surface area contributed by atoms with Gasteiger partial charge in [-0.25, -0.2) is 9.97 Å². The van der Waals surface area contributed by atoms with Crippen LogP contribution >= 0.6 is 11.6 Å². The first kappa shape index (κ1) is 22.8. The van der Waals surface area contributed by atoms with Crippen LogP contribution in [-0.4, -0.2) is 42.4 Å². The van der Waals surface area contributed by atoms with Gasteiger partial charge in [-0.3, -0.25) is 9.79 Å². The highest BCUT2D eigenvalue weighted by Crippen LogP contribution is 2.29. The highest BCUT2D eigenvalue weighted by Gasteiger charge is 2.16. The van der Waals surface area contributed by atoms with Crippen LogP contribution in [0.1, 0.15) is 11.1 Å². The summed E-state index contributed by atoms with van der Waals surface area (Å²) >= 11 is 6.08. The van der Waals surface area contributed by atoms with Gasteiger partial charge in [0, 0.05) is 41.4 Å². The van der Waals surface area contributed by atoms with E-state index in [2.05, 4.69) is 19.9 Å². The lowest BCUT2D eigenvalue weighted by Gasteiger charge is -2.09. The number of fused-ring (bicyclic) bond motifs is 1. The lowest BCUT2D eigenvalue weighted by molar-refractivity contribution is 0.263. The van der Waals surface area contributed by atoms with Gasteiger partial charge in [0.25, 0.3) is 5.56 Å². The first-order valence-corrected chi connectivity index (χ1v) is 11.5. The summed E-state index contributed by atoms with van der Waals surface area (Å²) in [4.78, 5) is 32.2. The number of imidazole rings is 2. The topological polar surface area (TPSA) is 112 Å². The molecule has 0 spiro atoms. The van der Waals surface area contributed by atoms with Crippen LogP contribution in [0.25, 0.3) is 28.1 Å². The fourth-order valence-corrected chi connectivity index (χ4v) is 4.29. The zero-order valence-corrected chi connectivity index (χ0v) is 19.7. The molecule has 3 heterocycles. The molecule has 176 valence electrons. The van der Waals surface area contributed by atoms with Crippen LogP contribution in [0.5, 0.6) is 0 Å². The van der Waals surface area contributed by atoms with Gasteiger partial charge in [-0.15, -0.1) is 0 Å². The van der Waals surface area contributed by atoms with E-state index in [1.165, 1.54) is 0 Å². The number of aliphatic hydroxyl groups excluding tert-OH is 1. The van der Waals surface area contributed by atoms with Crippen molar-refractivity contribution in [2.75, 3.05) is 6.61 Å². The Balaban J connectivity index is 1.50. The molecular formula is C26H23ClN6O2. The number of pyridine rings is 1. The number of aliphatic hydroxyl groups is 1. The molecule has 1 atom stereocenters. The van der Waals surface area contributed by atoms with Crippen molar-refractivity contribution in [3.05, 3.63) is 93.9 Å². The average molecular weight is 487 g/mol. The van der Waals surface area contributed by atoms with Crippen molar-refractivity contribution < 1.29 is 5.11 Å². The summed E-state index contributed by atoms with van der Waals surface area (Å²) in [5.41, 5.74) is 4.97. The van der Waals surface area contributed by atoms with Crippen LogP contribution in [0.3, 0.4) is 0 Å². The Kier molecular flexibility index (Phi) is 6.31. The third kappa shape index (κ3) is 4.80. The van der Waals surface area contributed by atoms with E-state index < -0.39 is 0 Å². The summed E-state index contributed by atoms with van der Waals surface area (Å²) < 4.78 is 1.91. The maximum Gasteiger partial charge on any atom is 0.261 e. The molecule has 9 heteroatoms. The number of benzene rings is 2. The third-order valence-electron chi connectivity index (χ3n) is 5.79. The number of aromatic nitrogens is 5. The van der Waals surface area contributed by atoms with E-state index in [0.717, 1.165) is 27.8 Å². The molecule has 5 rings (SSSR count). The van der Waals surface area contributed by atoms with Crippen LogP contribution in [0, 0.1) is 12.8 Å². The predicted molar refractivity (Wildman–Crippen MR) is 138 cm³/mol.